The highest BCUT2D eigenvalue weighted by Crippen LogP contribution is 2.39. The molecule has 1 N–H and O–H groups in total. The van der Waals surface area contributed by atoms with Crippen molar-refractivity contribution in [1.82, 2.24) is 4.90 Å². The molecule has 2 heterocycles. The molecule has 2 aliphatic heterocycles. The number of aliphatic hydroxyl groups is 1. The van der Waals surface area contributed by atoms with Crippen molar-refractivity contribution in [2.45, 2.75) is 43.8 Å². The number of hydrogen-bond donors (Lipinski definition) is 1. The SMILES string of the molecule is COc1cc(OC)cc(C(=O)N2CCC3(CC2)CC(C)(O)CCO3)c1. The first kappa shape index (κ1) is 18.0. The van der Waals surface area contributed by atoms with E-state index in [4.69, 9.17) is 14.2 Å². The van der Waals surface area contributed by atoms with Crippen molar-refractivity contribution in [3.05, 3.63) is 23.8 Å². The first-order valence-corrected chi connectivity index (χ1v) is 8.75. The van der Waals surface area contributed by atoms with Crippen LogP contribution in [0, 0.1) is 0 Å². The molecule has 1 unspecified atom stereocenters. The third-order valence-electron chi connectivity index (χ3n) is 5.31. The molecule has 3 rings (SSSR count). The molecule has 138 valence electrons. The average Bonchev–Trinajstić information content (AvgIpc) is 2.60. The molecule has 0 bridgehead atoms. The number of ether oxygens (including phenoxy) is 3. The van der Waals surface area contributed by atoms with Gasteiger partial charge in [-0.05, 0) is 38.3 Å². The number of carbonyl (C=O) groups excluding carboxylic acids is 1. The minimum Gasteiger partial charge on any atom is -0.497 e. The van der Waals surface area contributed by atoms with E-state index in [-0.39, 0.29) is 11.5 Å². The summed E-state index contributed by atoms with van der Waals surface area (Å²) in [5, 5.41) is 10.4. The van der Waals surface area contributed by atoms with Crippen molar-refractivity contribution in [1.29, 1.82) is 0 Å². The van der Waals surface area contributed by atoms with Crippen LogP contribution >= 0.6 is 0 Å². The Balaban J connectivity index is 1.70. The van der Waals surface area contributed by atoms with Crippen LogP contribution in [0.5, 0.6) is 11.5 Å². The van der Waals surface area contributed by atoms with Crippen molar-refractivity contribution in [3.8, 4) is 11.5 Å². The van der Waals surface area contributed by atoms with Crippen LogP contribution in [0.3, 0.4) is 0 Å². The summed E-state index contributed by atoms with van der Waals surface area (Å²) >= 11 is 0. The Labute approximate surface area is 148 Å². The van der Waals surface area contributed by atoms with Gasteiger partial charge in [0, 0.05) is 31.1 Å². The highest BCUT2D eigenvalue weighted by Gasteiger charge is 2.45. The molecule has 6 heteroatoms. The number of hydrogen-bond acceptors (Lipinski definition) is 5. The van der Waals surface area contributed by atoms with Gasteiger partial charge in [0.25, 0.3) is 5.91 Å². The summed E-state index contributed by atoms with van der Waals surface area (Å²) in [6.07, 6.45) is 2.79. The second-order valence-electron chi connectivity index (χ2n) is 7.35. The van der Waals surface area contributed by atoms with Crippen LogP contribution in [-0.4, -0.2) is 61.0 Å². The molecule has 6 nitrogen and oxygen atoms in total. The van der Waals surface area contributed by atoms with Crippen molar-refractivity contribution in [3.63, 3.8) is 0 Å². The third-order valence-corrected chi connectivity index (χ3v) is 5.31. The molecule has 25 heavy (non-hydrogen) atoms. The molecule has 1 atom stereocenters. The maximum absolute atomic E-state index is 12.9. The topological polar surface area (TPSA) is 68.2 Å². The Morgan fingerprint density at radius 1 is 1.12 bits per heavy atom. The number of rotatable bonds is 3. The molecule has 0 aromatic heterocycles. The standard InChI is InChI=1S/C19H27NO5/c1-18(22)6-9-25-19(13-18)4-7-20(8-5-19)17(21)14-10-15(23-2)12-16(11-14)24-3/h10-12,22H,4-9,13H2,1-3H3. The van der Waals surface area contributed by atoms with Gasteiger partial charge < -0.3 is 24.2 Å². The summed E-state index contributed by atoms with van der Waals surface area (Å²) < 4.78 is 16.5. The van der Waals surface area contributed by atoms with Crippen LogP contribution in [0.1, 0.15) is 43.0 Å². The van der Waals surface area contributed by atoms with Crippen LogP contribution in [0.2, 0.25) is 0 Å². The van der Waals surface area contributed by atoms with E-state index in [2.05, 4.69) is 0 Å². The predicted octanol–water partition coefficient (Wildman–Crippen LogP) is 2.24. The maximum Gasteiger partial charge on any atom is 0.254 e. The van der Waals surface area contributed by atoms with Gasteiger partial charge in [-0.2, -0.15) is 0 Å². The lowest BCUT2D eigenvalue weighted by atomic mass is 9.78. The summed E-state index contributed by atoms with van der Waals surface area (Å²) in [6, 6.07) is 5.22. The van der Waals surface area contributed by atoms with Crippen molar-refractivity contribution < 1.29 is 24.1 Å². The molecular formula is C19H27NO5. The van der Waals surface area contributed by atoms with Crippen LogP contribution in [0.4, 0.5) is 0 Å². The van der Waals surface area contributed by atoms with Gasteiger partial charge in [-0.15, -0.1) is 0 Å². The molecule has 0 saturated carbocycles. The Morgan fingerprint density at radius 2 is 1.72 bits per heavy atom. The highest BCUT2D eigenvalue weighted by atomic mass is 16.5. The number of methoxy groups -OCH3 is 2. The van der Waals surface area contributed by atoms with E-state index in [1.165, 1.54) is 0 Å². The molecular weight excluding hydrogens is 322 g/mol. The number of likely N-dealkylation sites (tertiary alicyclic amines) is 1. The molecule has 2 saturated heterocycles. The number of benzene rings is 1. The zero-order valence-corrected chi connectivity index (χ0v) is 15.2. The van der Waals surface area contributed by atoms with E-state index >= 15 is 0 Å². The lowest BCUT2D eigenvalue weighted by Gasteiger charge is -2.48. The highest BCUT2D eigenvalue weighted by molar-refractivity contribution is 5.95. The smallest absolute Gasteiger partial charge is 0.254 e. The summed E-state index contributed by atoms with van der Waals surface area (Å²) in [7, 11) is 3.14. The van der Waals surface area contributed by atoms with Gasteiger partial charge in [-0.3, -0.25) is 4.79 Å². The largest absolute Gasteiger partial charge is 0.497 e. The van der Waals surface area contributed by atoms with Gasteiger partial charge in [0.05, 0.1) is 32.0 Å². The van der Waals surface area contributed by atoms with Crippen LogP contribution in [0.15, 0.2) is 18.2 Å². The number of amides is 1. The number of piperidine rings is 1. The lowest BCUT2D eigenvalue weighted by molar-refractivity contribution is -0.170. The third kappa shape index (κ3) is 3.90. The number of nitrogens with zero attached hydrogens (tertiary/aromatic N) is 1. The summed E-state index contributed by atoms with van der Waals surface area (Å²) in [6.45, 7) is 3.69. The van der Waals surface area contributed by atoms with Crippen molar-refractivity contribution in [2.75, 3.05) is 33.9 Å². The van der Waals surface area contributed by atoms with Gasteiger partial charge in [0.15, 0.2) is 0 Å². The van der Waals surface area contributed by atoms with Crippen molar-refractivity contribution >= 4 is 5.91 Å². The molecule has 1 spiro atoms. The Kier molecular flexibility index (Phi) is 4.93. The second kappa shape index (κ2) is 6.84. The van der Waals surface area contributed by atoms with Crippen LogP contribution in [-0.2, 0) is 4.74 Å². The molecule has 1 amide bonds. The molecule has 2 aliphatic rings. The Hall–Kier alpha value is -1.79. The minimum absolute atomic E-state index is 0.0328. The van der Waals surface area contributed by atoms with E-state index in [0.29, 0.717) is 49.6 Å². The normalized spacial score (nSPS) is 25.7. The van der Waals surface area contributed by atoms with E-state index in [0.717, 1.165) is 12.8 Å². The van der Waals surface area contributed by atoms with E-state index in [9.17, 15) is 9.90 Å². The first-order chi connectivity index (χ1) is 11.9. The van der Waals surface area contributed by atoms with Crippen LogP contribution < -0.4 is 9.47 Å². The van der Waals surface area contributed by atoms with E-state index < -0.39 is 5.60 Å². The van der Waals surface area contributed by atoms with Gasteiger partial charge in [-0.1, -0.05) is 0 Å². The maximum atomic E-state index is 12.9. The van der Waals surface area contributed by atoms with Gasteiger partial charge in [0.1, 0.15) is 11.5 Å². The van der Waals surface area contributed by atoms with E-state index in [1.807, 2.05) is 11.8 Å². The zero-order valence-electron chi connectivity index (χ0n) is 15.2. The van der Waals surface area contributed by atoms with Gasteiger partial charge >= 0.3 is 0 Å². The fourth-order valence-corrected chi connectivity index (χ4v) is 3.87. The average molecular weight is 349 g/mol. The Bertz CT molecular complexity index is 612. The lowest BCUT2D eigenvalue weighted by Crippen LogP contribution is -2.54. The predicted molar refractivity (Wildman–Crippen MR) is 93.2 cm³/mol. The first-order valence-electron chi connectivity index (χ1n) is 8.75. The fourth-order valence-electron chi connectivity index (χ4n) is 3.87. The monoisotopic (exact) mass is 349 g/mol. The molecule has 2 fully saturated rings. The summed E-state index contributed by atoms with van der Waals surface area (Å²) in [5.41, 5.74) is -0.418. The van der Waals surface area contributed by atoms with Crippen LogP contribution in [0.25, 0.3) is 0 Å². The summed E-state index contributed by atoms with van der Waals surface area (Å²) in [4.78, 5) is 14.7. The van der Waals surface area contributed by atoms with Gasteiger partial charge in [-0.25, -0.2) is 0 Å². The quantitative estimate of drug-likeness (QED) is 0.906. The summed E-state index contributed by atoms with van der Waals surface area (Å²) in [5.74, 6) is 1.17. The van der Waals surface area contributed by atoms with Gasteiger partial charge in [0.2, 0.25) is 0 Å². The zero-order chi connectivity index (χ0) is 18.1. The molecule has 1 aromatic carbocycles. The molecule has 1 aromatic rings. The van der Waals surface area contributed by atoms with Crippen molar-refractivity contribution in [2.24, 2.45) is 0 Å². The Morgan fingerprint density at radius 3 is 2.24 bits per heavy atom. The molecule has 0 aliphatic carbocycles. The molecule has 0 radical (unpaired) electrons. The minimum atomic E-state index is -0.676. The second-order valence-corrected chi connectivity index (χ2v) is 7.35. The number of carbonyl (C=O) groups is 1. The fraction of sp³-hybridized carbons (Fsp3) is 0.632. The van der Waals surface area contributed by atoms with E-state index in [1.54, 1.807) is 32.4 Å².